The van der Waals surface area contributed by atoms with Crippen molar-refractivity contribution >= 4 is 33.4 Å². The van der Waals surface area contributed by atoms with Gasteiger partial charge in [-0.2, -0.15) is 5.26 Å². The number of sulfonamides is 1. The van der Waals surface area contributed by atoms with E-state index in [4.69, 9.17) is 0 Å². The number of Topliss-reactive ketones (excluding diaryl/α,β-unsaturated/α-hetero) is 1. The first-order valence-corrected chi connectivity index (χ1v) is 14.4. The van der Waals surface area contributed by atoms with E-state index < -0.39 is 21.8 Å². The molecule has 11 heteroatoms. The van der Waals surface area contributed by atoms with Gasteiger partial charge in [0.1, 0.15) is 11.9 Å². The molecule has 2 amide bonds. The quantitative estimate of drug-likeness (QED) is 0.507. The third-order valence-electron chi connectivity index (χ3n) is 6.96. The minimum absolute atomic E-state index is 0.0208. The second kappa shape index (κ2) is 11.7. The Morgan fingerprint density at radius 2 is 1.84 bits per heavy atom. The van der Waals surface area contributed by atoms with Gasteiger partial charge >= 0.3 is 0 Å². The minimum Gasteiger partial charge on any atom is -0.355 e. The number of hydrogen-bond donors (Lipinski definition) is 1. The van der Waals surface area contributed by atoms with Gasteiger partial charge in [-0.3, -0.25) is 19.1 Å². The molecule has 10 nitrogen and oxygen atoms in total. The zero-order valence-electron chi connectivity index (χ0n) is 21.4. The van der Waals surface area contributed by atoms with Crippen LogP contribution in [-0.2, 0) is 31.9 Å². The molecule has 4 rings (SSSR count). The molecule has 2 saturated heterocycles. The maximum absolute atomic E-state index is 12.7. The van der Waals surface area contributed by atoms with E-state index >= 15 is 0 Å². The smallest absolute Gasteiger partial charge is 0.239 e. The number of ketones is 1. The van der Waals surface area contributed by atoms with E-state index in [1.807, 2.05) is 4.90 Å². The van der Waals surface area contributed by atoms with Gasteiger partial charge in [0.2, 0.25) is 21.8 Å². The Kier molecular flexibility index (Phi) is 8.42. The van der Waals surface area contributed by atoms with Crippen LogP contribution in [0.15, 0.2) is 36.4 Å². The van der Waals surface area contributed by atoms with Crippen molar-refractivity contribution in [2.45, 2.75) is 51.3 Å². The number of hydrogen-bond acceptors (Lipinski definition) is 8. The topological polar surface area (TPSA) is 141 Å². The highest BCUT2D eigenvalue weighted by Gasteiger charge is 2.30. The van der Waals surface area contributed by atoms with Crippen LogP contribution in [-0.4, -0.2) is 55.5 Å². The van der Waals surface area contributed by atoms with Gasteiger partial charge in [0, 0.05) is 37.5 Å². The summed E-state index contributed by atoms with van der Waals surface area (Å²) >= 11 is 0. The number of nitrogens with zero attached hydrogens (tertiary/aromatic N) is 4. The fourth-order valence-electron chi connectivity index (χ4n) is 4.92. The third kappa shape index (κ3) is 6.55. The van der Waals surface area contributed by atoms with Gasteiger partial charge in [0.25, 0.3) is 0 Å². The molecule has 1 N–H and O–H groups in total. The largest absolute Gasteiger partial charge is 0.355 e. The lowest BCUT2D eigenvalue weighted by atomic mass is 9.95. The average molecular weight is 538 g/mol. The Hall–Kier alpha value is -3.78. The zero-order valence-corrected chi connectivity index (χ0v) is 22.2. The second-order valence-electron chi connectivity index (χ2n) is 9.77. The molecular weight excluding hydrogens is 506 g/mol. The molecule has 2 aliphatic heterocycles. The van der Waals surface area contributed by atoms with Gasteiger partial charge in [-0.1, -0.05) is 30.3 Å². The second-order valence-corrected chi connectivity index (χ2v) is 11.5. The normalized spacial score (nSPS) is 16.7. The van der Waals surface area contributed by atoms with E-state index in [0.717, 1.165) is 12.8 Å². The number of rotatable bonds is 8. The van der Waals surface area contributed by atoms with Crippen molar-refractivity contribution in [1.82, 2.24) is 14.6 Å². The standard InChI is InChI=1S/C27H31N5O5S/c1-19(33)23-15-22(16-28)26(29-24(23)17-32-12-6-5-9-25(32)34)31-13-10-21(11-14-31)27(35)30-38(36,37)18-20-7-3-2-4-8-20/h2-4,7-8,15,21H,5-6,9-14,17-18H2,1H3,(H,30,35). The van der Waals surface area contributed by atoms with Crippen LogP contribution in [0.1, 0.15) is 66.2 Å². The first-order valence-electron chi connectivity index (χ1n) is 12.7. The van der Waals surface area contributed by atoms with E-state index in [9.17, 15) is 28.1 Å². The maximum Gasteiger partial charge on any atom is 0.239 e. The number of likely N-dealkylation sites (tertiary alicyclic amines) is 1. The highest BCUT2D eigenvalue weighted by Crippen LogP contribution is 2.28. The molecule has 200 valence electrons. The van der Waals surface area contributed by atoms with Crippen LogP contribution in [0.4, 0.5) is 5.82 Å². The third-order valence-corrected chi connectivity index (χ3v) is 8.19. The summed E-state index contributed by atoms with van der Waals surface area (Å²) in [4.78, 5) is 45.7. The molecule has 38 heavy (non-hydrogen) atoms. The summed E-state index contributed by atoms with van der Waals surface area (Å²) in [6, 6.07) is 12.3. The van der Waals surface area contributed by atoms with Crippen LogP contribution >= 0.6 is 0 Å². The molecule has 1 aromatic heterocycles. The summed E-state index contributed by atoms with van der Waals surface area (Å²) in [5, 5.41) is 9.78. The summed E-state index contributed by atoms with van der Waals surface area (Å²) in [5.41, 5.74) is 1.61. The van der Waals surface area contributed by atoms with Crippen molar-refractivity contribution in [3.05, 3.63) is 58.8 Å². The number of aromatic nitrogens is 1. The predicted octanol–water partition coefficient (Wildman–Crippen LogP) is 2.53. The zero-order chi connectivity index (χ0) is 27.3. The first-order chi connectivity index (χ1) is 18.2. The van der Waals surface area contributed by atoms with Crippen LogP contribution < -0.4 is 9.62 Å². The van der Waals surface area contributed by atoms with E-state index in [1.165, 1.54) is 13.0 Å². The van der Waals surface area contributed by atoms with Crippen molar-refractivity contribution in [2.75, 3.05) is 24.5 Å². The summed E-state index contributed by atoms with van der Waals surface area (Å²) in [6.07, 6.45) is 2.97. The van der Waals surface area contributed by atoms with Crippen molar-refractivity contribution in [2.24, 2.45) is 5.92 Å². The van der Waals surface area contributed by atoms with Crippen molar-refractivity contribution in [3.63, 3.8) is 0 Å². The monoisotopic (exact) mass is 537 g/mol. The van der Waals surface area contributed by atoms with Crippen LogP contribution in [0.2, 0.25) is 0 Å². The van der Waals surface area contributed by atoms with Crippen molar-refractivity contribution < 1.29 is 22.8 Å². The van der Waals surface area contributed by atoms with Gasteiger partial charge in [-0.05, 0) is 44.2 Å². The molecule has 0 spiro atoms. The minimum atomic E-state index is -3.83. The fraction of sp³-hybridized carbons (Fsp3) is 0.444. The average Bonchev–Trinajstić information content (AvgIpc) is 2.89. The number of carbonyl (C=O) groups excluding carboxylic acids is 3. The lowest BCUT2D eigenvalue weighted by Gasteiger charge is -2.33. The van der Waals surface area contributed by atoms with E-state index in [-0.39, 0.29) is 29.6 Å². The predicted molar refractivity (Wildman–Crippen MR) is 140 cm³/mol. The first kappa shape index (κ1) is 27.3. The molecule has 3 heterocycles. The highest BCUT2D eigenvalue weighted by molar-refractivity contribution is 7.89. The van der Waals surface area contributed by atoms with Crippen molar-refractivity contribution in [3.8, 4) is 6.07 Å². The Bertz CT molecular complexity index is 1360. The number of carbonyl (C=O) groups is 3. The van der Waals surface area contributed by atoms with Gasteiger partial charge in [-0.15, -0.1) is 0 Å². The number of amides is 2. The van der Waals surface area contributed by atoms with Crippen LogP contribution in [0.25, 0.3) is 0 Å². The van der Waals surface area contributed by atoms with Crippen LogP contribution in [0, 0.1) is 17.2 Å². The molecule has 0 atom stereocenters. The lowest BCUT2D eigenvalue weighted by molar-refractivity contribution is -0.134. The number of anilines is 1. The van der Waals surface area contributed by atoms with Gasteiger partial charge in [0.05, 0.1) is 23.6 Å². The number of pyridine rings is 1. The molecule has 1 aromatic carbocycles. The number of nitrogens with one attached hydrogen (secondary N) is 1. The molecule has 0 radical (unpaired) electrons. The van der Waals surface area contributed by atoms with Gasteiger partial charge < -0.3 is 9.80 Å². The maximum atomic E-state index is 12.7. The summed E-state index contributed by atoms with van der Waals surface area (Å²) < 4.78 is 27.2. The fourth-order valence-corrected chi connectivity index (χ4v) is 6.10. The molecule has 0 bridgehead atoms. The number of piperidine rings is 2. The Labute approximate surface area is 222 Å². The van der Waals surface area contributed by atoms with Gasteiger partial charge in [0.15, 0.2) is 5.78 Å². The van der Waals surface area contributed by atoms with Crippen LogP contribution in [0.5, 0.6) is 0 Å². The molecule has 2 aromatic rings. The van der Waals surface area contributed by atoms with E-state index in [0.29, 0.717) is 61.5 Å². The van der Waals surface area contributed by atoms with E-state index in [2.05, 4.69) is 15.8 Å². The van der Waals surface area contributed by atoms with Crippen molar-refractivity contribution in [1.29, 1.82) is 5.26 Å². The van der Waals surface area contributed by atoms with Gasteiger partial charge in [-0.25, -0.2) is 13.4 Å². The summed E-state index contributed by atoms with van der Waals surface area (Å²) in [6.45, 7) is 2.99. The summed E-state index contributed by atoms with van der Waals surface area (Å²) in [5.74, 6) is -1.11. The molecule has 0 aliphatic carbocycles. The summed E-state index contributed by atoms with van der Waals surface area (Å²) in [7, 11) is -3.83. The highest BCUT2D eigenvalue weighted by atomic mass is 32.2. The molecule has 0 unspecified atom stereocenters. The number of nitriles is 1. The lowest BCUT2D eigenvalue weighted by Crippen LogP contribution is -2.43. The molecule has 2 aliphatic rings. The Balaban J connectivity index is 1.46. The number of benzene rings is 1. The van der Waals surface area contributed by atoms with E-state index in [1.54, 1.807) is 35.2 Å². The molecule has 0 saturated carbocycles. The molecular formula is C27H31N5O5S. The molecule has 2 fully saturated rings. The SMILES string of the molecule is CC(=O)c1cc(C#N)c(N2CCC(C(=O)NS(=O)(=O)Cc3ccccc3)CC2)nc1CN1CCCCC1=O. The Morgan fingerprint density at radius 1 is 1.13 bits per heavy atom. The van der Waals surface area contributed by atoms with Crippen LogP contribution in [0.3, 0.4) is 0 Å². The Morgan fingerprint density at radius 3 is 2.47 bits per heavy atom.